The van der Waals surface area contributed by atoms with Crippen molar-refractivity contribution in [3.8, 4) is 0 Å². The number of rotatable bonds is 2. The summed E-state index contributed by atoms with van der Waals surface area (Å²) in [6.45, 7) is 7.27. The summed E-state index contributed by atoms with van der Waals surface area (Å²) in [6, 6.07) is 0.501. The van der Waals surface area contributed by atoms with Crippen LogP contribution in [0.1, 0.15) is 19.3 Å². The van der Waals surface area contributed by atoms with E-state index in [0.29, 0.717) is 17.9 Å². The molecule has 3 heteroatoms. The minimum atomic E-state index is 0.0903. The van der Waals surface area contributed by atoms with Gasteiger partial charge in [0.1, 0.15) is 0 Å². The van der Waals surface area contributed by atoms with Crippen LogP contribution in [-0.2, 0) is 4.79 Å². The first kappa shape index (κ1) is 10.8. The number of hydrogen-bond acceptors (Lipinski definition) is 2. The molecule has 3 fully saturated rings. The lowest BCUT2D eigenvalue weighted by Gasteiger charge is -2.53. The third-order valence-corrected chi connectivity index (χ3v) is 5.59. The molecule has 1 spiro atoms. The molecule has 4 aliphatic heterocycles. The van der Waals surface area contributed by atoms with Crippen LogP contribution in [0.4, 0.5) is 0 Å². The summed E-state index contributed by atoms with van der Waals surface area (Å²) < 4.78 is 0. The molecular weight excluding hydrogens is 224 g/mol. The monoisotopic (exact) mass is 244 g/mol. The van der Waals surface area contributed by atoms with E-state index in [-0.39, 0.29) is 11.4 Å². The van der Waals surface area contributed by atoms with Gasteiger partial charge in [0.2, 0.25) is 5.91 Å². The van der Waals surface area contributed by atoms with E-state index in [1.54, 1.807) is 6.08 Å². The van der Waals surface area contributed by atoms with Gasteiger partial charge in [0, 0.05) is 25.7 Å². The fourth-order valence-electron chi connectivity index (χ4n) is 5.06. The van der Waals surface area contributed by atoms with Gasteiger partial charge in [-0.2, -0.15) is 0 Å². The molecule has 3 bridgehead atoms. The third-order valence-electron chi connectivity index (χ3n) is 5.59. The maximum Gasteiger partial charge on any atom is 0.246 e. The number of hydrogen-bond donors (Lipinski definition) is 0. The van der Waals surface area contributed by atoms with Crippen molar-refractivity contribution < 1.29 is 4.79 Å². The van der Waals surface area contributed by atoms with Gasteiger partial charge in [0.15, 0.2) is 0 Å². The summed E-state index contributed by atoms with van der Waals surface area (Å²) in [5.74, 6) is 1.62. The first-order chi connectivity index (χ1) is 8.75. The highest BCUT2D eigenvalue weighted by Gasteiger charge is 2.63. The van der Waals surface area contributed by atoms with Gasteiger partial charge in [-0.25, -0.2) is 0 Å². The van der Waals surface area contributed by atoms with Crippen LogP contribution in [0.15, 0.2) is 24.8 Å². The van der Waals surface area contributed by atoms with Crippen molar-refractivity contribution in [3.63, 3.8) is 0 Å². The van der Waals surface area contributed by atoms with Crippen LogP contribution >= 0.6 is 0 Å². The van der Waals surface area contributed by atoms with Crippen molar-refractivity contribution in [1.82, 2.24) is 9.80 Å². The van der Waals surface area contributed by atoms with Crippen molar-refractivity contribution in [1.29, 1.82) is 0 Å². The average molecular weight is 244 g/mol. The molecule has 0 aromatic carbocycles. The van der Waals surface area contributed by atoms with Gasteiger partial charge >= 0.3 is 0 Å². The quantitative estimate of drug-likeness (QED) is 0.686. The fraction of sp³-hybridized carbons (Fsp3) is 0.667. The van der Waals surface area contributed by atoms with Gasteiger partial charge in [-0.1, -0.05) is 12.2 Å². The Bertz CT molecular complexity index is 444. The molecule has 96 valence electrons. The minimum Gasteiger partial charge on any atom is -0.331 e. The summed E-state index contributed by atoms with van der Waals surface area (Å²) in [4.78, 5) is 17.1. The molecule has 3 nitrogen and oxygen atoms in total. The van der Waals surface area contributed by atoms with Gasteiger partial charge in [-0.05, 0) is 37.2 Å². The second-order valence-electron chi connectivity index (χ2n) is 6.34. The number of nitrogens with zero attached hydrogens (tertiary/aromatic N) is 2. The van der Waals surface area contributed by atoms with Crippen molar-refractivity contribution in [2.75, 3.05) is 19.6 Å². The molecule has 0 aromatic rings. The van der Waals surface area contributed by atoms with Gasteiger partial charge in [-0.3, -0.25) is 9.69 Å². The first-order valence-corrected chi connectivity index (χ1v) is 7.09. The maximum absolute atomic E-state index is 12.3. The van der Waals surface area contributed by atoms with Gasteiger partial charge in [-0.15, -0.1) is 6.58 Å². The first-order valence-electron chi connectivity index (χ1n) is 7.09. The molecule has 0 radical (unpaired) electrons. The van der Waals surface area contributed by atoms with E-state index in [0.717, 1.165) is 19.4 Å². The zero-order valence-corrected chi connectivity index (χ0v) is 10.7. The van der Waals surface area contributed by atoms with Crippen molar-refractivity contribution in [2.45, 2.75) is 30.8 Å². The smallest absolute Gasteiger partial charge is 0.246 e. The van der Waals surface area contributed by atoms with Gasteiger partial charge < -0.3 is 4.90 Å². The Morgan fingerprint density at radius 3 is 3.17 bits per heavy atom. The van der Waals surface area contributed by atoms with E-state index in [4.69, 9.17) is 0 Å². The standard InChI is InChI=1S/C15H20N2O/c1-2-4-13-15-6-3-5-14(18)17(15)9-11-7-12(15)10-16(13)8-11/h2-3,5,11-13H,1,4,6-10H2/t11-,12-,13-,15-/m1/s1. The number of carbonyl (C=O) groups excluding carboxylic acids is 1. The number of fused-ring (bicyclic) bond motifs is 2. The molecule has 4 heterocycles. The van der Waals surface area contributed by atoms with Crippen LogP contribution in [0.2, 0.25) is 0 Å². The van der Waals surface area contributed by atoms with Crippen LogP contribution < -0.4 is 0 Å². The molecule has 4 aliphatic rings. The van der Waals surface area contributed by atoms with Crippen LogP contribution in [-0.4, -0.2) is 46.9 Å². The average Bonchev–Trinajstić information content (AvgIpc) is 2.50. The Morgan fingerprint density at radius 2 is 2.33 bits per heavy atom. The summed E-state index contributed by atoms with van der Waals surface area (Å²) in [5.41, 5.74) is 0.0903. The maximum atomic E-state index is 12.3. The normalized spacial score (nSPS) is 48.4. The summed E-state index contributed by atoms with van der Waals surface area (Å²) in [6.07, 6.45) is 9.31. The van der Waals surface area contributed by atoms with Crippen LogP contribution in [0.3, 0.4) is 0 Å². The van der Waals surface area contributed by atoms with Crippen LogP contribution in [0.5, 0.6) is 0 Å². The number of carbonyl (C=O) groups is 1. The molecule has 18 heavy (non-hydrogen) atoms. The zero-order valence-electron chi connectivity index (χ0n) is 10.7. The fourth-order valence-corrected chi connectivity index (χ4v) is 5.06. The molecule has 5 atom stereocenters. The van der Waals surface area contributed by atoms with E-state index < -0.39 is 0 Å². The Balaban J connectivity index is 1.85. The van der Waals surface area contributed by atoms with Crippen molar-refractivity contribution >= 4 is 5.91 Å². The Morgan fingerprint density at radius 1 is 1.44 bits per heavy atom. The predicted molar refractivity (Wildman–Crippen MR) is 70.0 cm³/mol. The highest BCUT2D eigenvalue weighted by molar-refractivity contribution is 5.89. The Kier molecular flexibility index (Phi) is 2.08. The van der Waals surface area contributed by atoms with E-state index in [1.165, 1.54) is 19.5 Å². The van der Waals surface area contributed by atoms with Crippen molar-refractivity contribution in [2.24, 2.45) is 11.8 Å². The largest absolute Gasteiger partial charge is 0.331 e. The third kappa shape index (κ3) is 1.11. The molecule has 0 aliphatic carbocycles. The molecule has 0 aromatic heterocycles. The molecule has 3 saturated heterocycles. The van der Waals surface area contributed by atoms with Gasteiger partial charge in [0.25, 0.3) is 0 Å². The molecule has 1 unspecified atom stereocenters. The van der Waals surface area contributed by atoms with E-state index >= 15 is 0 Å². The van der Waals surface area contributed by atoms with Gasteiger partial charge in [0.05, 0.1) is 5.54 Å². The molecular formula is C15H20N2O. The second-order valence-corrected chi connectivity index (χ2v) is 6.34. The highest BCUT2D eigenvalue weighted by atomic mass is 16.2. The Labute approximate surface area is 108 Å². The van der Waals surface area contributed by atoms with E-state index in [1.807, 2.05) is 6.08 Å². The lowest BCUT2D eigenvalue weighted by atomic mass is 9.69. The summed E-state index contributed by atoms with van der Waals surface area (Å²) in [5, 5.41) is 0. The summed E-state index contributed by atoms with van der Waals surface area (Å²) >= 11 is 0. The minimum absolute atomic E-state index is 0.0903. The SMILES string of the molecule is C=CC[C@H]1N2C[C@H]3C[C@H](C2)[C@]12CC=CC(=O)N2C3. The zero-order chi connectivity index (χ0) is 12.3. The molecule has 0 saturated carbocycles. The van der Waals surface area contributed by atoms with E-state index in [9.17, 15) is 4.79 Å². The second kappa shape index (κ2) is 3.47. The van der Waals surface area contributed by atoms with Crippen LogP contribution in [0.25, 0.3) is 0 Å². The topological polar surface area (TPSA) is 23.6 Å². The molecule has 4 rings (SSSR count). The molecule has 1 amide bonds. The highest BCUT2D eigenvalue weighted by Crippen LogP contribution is 2.53. The summed E-state index contributed by atoms with van der Waals surface area (Å²) in [7, 11) is 0. The lowest BCUT2D eigenvalue weighted by Crippen LogP contribution is -2.64. The Hall–Kier alpha value is -1.09. The number of amides is 1. The van der Waals surface area contributed by atoms with Crippen LogP contribution in [0, 0.1) is 11.8 Å². The van der Waals surface area contributed by atoms with E-state index in [2.05, 4.69) is 22.5 Å². The predicted octanol–water partition coefficient (Wildman–Crippen LogP) is 1.42. The molecule has 0 N–H and O–H groups in total. The lowest BCUT2D eigenvalue weighted by molar-refractivity contribution is -0.140. The van der Waals surface area contributed by atoms with Crippen molar-refractivity contribution in [3.05, 3.63) is 24.8 Å². The number of piperidine rings is 2.